The van der Waals surface area contributed by atoms with Crippen LogP contribution < -0.4 is 10.6 Å². The zero-order valence-corrected chi connectivity index (χ0v) is 10.3. The van der Waals surface area contributed by atoms with E-state index in [4.69, 9.17) is 5.26 Å². The van der Waals surface area contributed by atoms with Gasteiger partial charge in [0.2, 0.25) is 0 Å². The Bertz CT molecular complexity index is 645. The summed E-state index contributed by atoms with van der Waals surface area (Å²) in [5.74, 6) is 0.778. The van der Waals surface area contributed by atoms with E-state index in [0.29, 0.717) is 5.56 Å². The second-order valence-corrected chi connectivity index (χ2v) is 4.36. The lowest BCUT2D eigenvalue weighted by Gasteiger charge is -2.19. The average Bonchev–Trinajstić information content (AvgIpc) is 2.48. The van der Waals surface area contributed by atoms with Gasteiger partial charge in [-0.1, -0.05) is 12.1 Å². The number of para-hydroxylation sites is 1. The first kappa shape index (κ1) is 11.6. The molecule has 0 spiro atoms. The molecule has 0 atom stereocenters. The molecule has 0 unspecified atom stereocenters. The van der Waals surface area contributed by atoms with Crippen LogP contribution >= 0.6 is 0 Å². The van der Waals surface area contributed by atoms with Crippen LogP contribution in [-0.2, 0) is 13.0 Å². The smallest absolute Gasteiger partial charge is 0.138 e. The molecule has 2 heterocycles. The van der Waals surface area contributed by atoms with Gasteiger partial charge in [-0.05, 0) is 12.1 Å². The molecule has 2 aromatic rings. The summed E-state index contributed by atoms with van der Waals surface area (Å²) in [5.41, 5.74) is 3.54. The molecule has 0 aliphatic carbocycles. The maximum atomic E-state index is 9.10. The van der Waals surface area contributed by atoms with Crippen molar-refractivity contribution < 1.29 is 0 Å². The van der Waals surface area contributed by atoms with Crippen molar-refractivity contribution in [3.8, 4) is 6.07 Å². The normalized spacial score (nSPS) is 13.4. The summed E-state index contributed by atoms with van der Waals surface area (Å²) in [6, 6.07) is 9.58. The molecule has 94 valence electrons. The first-order chi connectivity index (χ1) is 9.38. The standard InChI is InChI=1S/C14H13N5/c15-7-10-3-1-2-4-12(10)19-14-11-8-16-6-5-13(11)17-9-18-14/h1-4,9,16H,5-6,8H2,(H,17,18,19). The van der Waals surface area contributed by atoms with Crippen molar-refractivity contribution >= 4 is 11.5 Å². The van der Waals surface area contributed by atoms with Crippen LogP contribution in [0.2, 0.25) is 0 Å². The minimum Gasteiger partial charge on any atom is -0.339 e. The Kier molecular flexibility index (Phi) is 3.09. The Balaban J connectivity index is 1.98. The van der Waals surface area contributed by atoms with E-state index < -0.39 is 0 Å². The first-order valence-electron chi connectivity index (χ1n) is 6.18. The fourth-order valence-electron chi connectivity index (χ4n) is 2.20. The fraction of sp³-hybridized carbons (Fsp3) is 0.214. The van der Waals surface area contributed by atoms with Gasteiger partial charge in [0.05, 0.1) is 16.9 Å². The van der Waals surface area contributed by atoms with E-state index in [1.807, 2.05) is 18.2 Å². The fourth-order valence-corrected chi connectivity index (χ4v) is 2.20. The number of rotatable bonds is 2. The topological polar surface area (TPSA) is 73.6 Å². The second kappa shape index (κ2) is 5.04. The van der Waals surface area contributed by atoms with Gasteiger partial charge in [-0.2, -0.15) is 5.26 Å². The Hall–Kier alpha value is -2.45. The van der Waals surface area contributed by atoms with Gasteiger partial charge < -0.3 is 10.6 Å². The average molecular weight is 251 g/mol. The van der Waals surface area contributed by atoms with Gasteiger partial charge in [0, 0.05) is 25.1 Å². The maximum absolute atomic E-state index is 9.10. The highest BCUT2D eigenvalue weighted by Gasteiger charge is 2.15. The molecule has 0 amide bonds. The number of nitrogens with zero attached hydrogens (tertiary/aromatic N) is 3. The summed E-state index contributed by atoms with van der Waals surface area (Å²) >= 11 is 0. The SMILES string of the molecule is N#Cc1ccccc1Nc1ncnc2c1CNCC2. The van der Waals surface area contributed by atoms with Crippen molar-refractivity contribution in [2.45, 2.75) is 13.0 Å². The molecule has 0 bridgehead atoms. The molecular formula is C14H13N5. The van der Waals surface area contributed by atoms with Crippen molar-refractivity contribution in [3.05, 3.63) is 47.4 Å². The molecule has 3 rings (SSSR count). The van der Waals surface area contributed by atoms with E-state index in [-0.39, 0.29) is 0 Å². The summed E-state index contributed by atoms with van der Waals surface area (Å²) in [7, 11) is 0. The van der Waals surface area contributed by atoms with Gasteiger partial charge in [-0.25, -0.2) is 9.97 Å². The molecule has 1 aliphatic heterocycles. The number of benzene rings is 1. The lowest BCUT2D eigenvalue weighted by atomic mass is 10.1. The van der Waals surface area contributed by atoms with Crippen LogP contribution in [0.3, 0.4) is 0 Å². The molecule has 5 heteroatoms. The predicted octanol–water partition coefficient (Wildman–Crippen LogP) is 1.74. The van der Waals surface area contributed by atoms with Crippen LogP contribution in [0.4, 0.5) is 11.5 Å². The van der Waals surface area contributed by atoms with Crippen LogP contribution in [0, 0.1) is 11.3 Å². The van der Waals surface area contributed by atoms with E-state index >= 15 is 0 Å². The number of hydrogen-bond acceptors (Lipinski definition) is 5. The van der Waals surface area contributed by atoms with Crippen molar-refractivity contribution in [2.24, 2.45) is 0 Å². The van der Waals surface area contributed by atoms with Crippen LogP contribution in [0.25, 0.3) is 0 Å². The molecule has 1 aliphatic rings. The molecular weight excluding hydrogens is 238 g/mol. The third-order valence-corrected chi connectivity index (χ3v) is 3.18. The zero-order valence-electron chi connectivity index (χ0n) is 10.3. The highest BCUT2D eigenvalue weighted by molar-refractivity contribution is 5.66. The highest BCUT2D eigenvalue weighted by atomic mass is 15.0. The number of anilines is 2. The number of nitriles is 1. The maximum Gasteiger partial charge on any atom is 0.138 e. The summed E-state index contributed by atoms with van der Waals surface area (Å²) in [5, 5.41) is 15.6. The van der Waals surface area contributed by atoms with Gasteiger partial charge in [0.1, 0.15) is 18.2 Å². The number of fused-ring (bicyclic) bond motifs is 1. The van der Waals surface area contributed by atoms with Crippen molar-refractivity contribution in [1.29, 1.82) is 5.26 Å². The van der Waals surface area contributed by atoms with Crippen LogP contribution in [-0.4, -0.2) is 16.5 Å². The predicted molar refractivity (Wildman–Crippen MR) is 71.9 cm³/mol. The van der Waals surface area contributed by atoms with Crippen LogP contribution in [0.15, 0.2) is 30.6 Å². The first-order valence-corrected chi connectivity index (χ1v) is 6.18. The van der Waals surface area contributed by atoms with Crippen LogP contribution in [0.5, 0.6) is 0 Å². The summed E-state index contributed by atoms with van der Waals surface area (Å²) in [6.07, 6.45) is 2.48. The Morgan fingerprint density at radius 2 is 2.16 bits per heavy atom. The van der Waals surface area contributed by atoms with Gasteiger partial charge >= 0.3 is 0 Å². The van der Waals surface area contributed by atoms with E-state index in [1.54, 1.807) is 12.4 Å². The molecule has 2 N–H and O–H groups in total. The third kappa shape index (κ3) is 2.26. The molecule has 1 aromatic heterocycles. The minimum absolute atomic E-state index is 0.610. The lowest BCUT2D eigenvalue weighted by molar-refractivity contribution is 0.628. The van der Waals surface area contributed by atoms with Crippen LogP contribution in [0.1, 0.15) is 16.8 Å². The van der Waals surface area contributed by atoms with Crippen molar-refractivity contribution in [3.63, 3.8) is 0 Å². The molecule has 0 saturated heterocycles. The van der Waals surface area contributed by atoms with Gasteiger partial charge in [0.25, 0.3) is 0 Å². The van der Waals surface area contributed by atoms with Gasteiger partial charge in [0.15, 0.2) is 0 Å². The molecule has 19 heavy (non-hydrogen) atoms. The molecule has 0 radical (unpaired) electrons. The lowest BCUT2D eigenvalue weighted by Crippen LogP contribution is -2.25. The zero-order chi connectivity index (χ0) is 13.1. The summed E-state index contributed by atoms with van der Waals surface area (Å²) in [6.45, 7) is 1.70. The largest absolute Gasteiger partial charge is 0.339 e. The molecule has 0 saturated carbocycles. The Labute approximate surface area is 111 Å². The van der Waals surface area contributed by atoms with Crippen molar-refractivity contribution in [1.82, 2.24) is 15.3 Å². The molecule has 5 nitrogen and oxygen atoms in total. The summed E-state index contributed by atoms with van der Waals surface area (Å²) in [4.78, 5) is 8.60. The van der Waals surface area contributed by atoms with E-state index in [2.05, 4.69) is 26.7 Å². The Morgan fingerprint density at radius 3 is 3.05 bits per heavy atom. The quantitative estimate of drug-likeness (QED) is 0.850. The van der Waals surface area contributed by atoms with Crippen molar-refractivity contribution in [2.75, 3.05) is 11.9 Å². The van der Waals surface area contributed by atoms with E-state index in [0.717, 1.165) is 42.3 Å². The Morgan fingerprint density at radius 1 is 1.26 bits per heavy atom. The highest BCUT2D eigenvalue weighted by Crippen LogP contribution is 2.24. The molecule has 1 aromatic carbocycles. The number of hydrogen-bond donors (Lipinski definition) is 2. The van der Waals surface area contributed by atoms with Gasteiger partial charge in [-0.15, -0.1) is 0 Å². The minimum atomic E-state index is 0.610. The van der Waals surface area contributed by atoms with E-state index in [9.17, 15) is 0 Å². The van der Waals surface area contributed by atoms with Gasteiger partial charge in [-0.3, -0.25) is 0 Å². The number of aromatic nitrogens is 2. The molecule has 0 fully saturated rings. The second-order valence-electron chi connectivity index (χ2n) is 4.36. The number of nitrogens with one attached hydrogen (secondary N) is 2. The monoisotopic (exact) mass is 251 g/mol. The summed E-state index contributed by atoms with van der Waals surface area (Å²) < 4.78 is 0. The van der Waals surface area contributed by atoms with E-state index in [1.165, 1.54) is 0 Å². The third-order valence-electron chi connectivity index (χ3n) is 3.18.